The van der Waals surface area contributed by atoms with Gasteiger partial charge in [-0.15, -0.1) is 0 Å². The third-order valence-electron chi connectivity index (χ3n) is 3.58. The van der Waals surface area contributed by atoms with Crippen LogP contribution in [0.1, 0.15) is 36.2 Å². The average Bonchev–Trinajstić information content (AvgIpc) is 3.05. The Kier molecular flexibility index (Phi) is 2.88. The molecule has 4 nitrogen and oxygen atoms in total. The molecular formula is C14H17N3O. The van der Waals surface area contributed by atoms with Gasteiger partial charge in [-0.2, -0.15) is 4.98 Å². The van der Waals surface area contributed by atoms with E-state index in [9.17, 15) is 0 Å². The first kappa shape index (κ1) is 11.4. The highest BCUT2D eigenvalue weighted by Gasteiger charge is 2.16. The van der Waals surface area contributed by atoms with Crippen LogP contribution in [0.4, 0.5) is 0 Å². The molecule has 2 aromatic rings. The third-order valence-corrected chi connectivity index (χ3v) is 3.58. The van der Waals surface area contributed by atoms with Crippen LogP contribution in [0.5, 0.6) is 0 Å². The highest BCUT2D eigenvalue weighted by molar-refractivity contribution is 5.56. The van der Waals surface area contributed by atoms with Crippen molar-refractivity contribution in [2.45, 2.75) is 32.1 Å². The Labute approximate surface area is 106 Å². The molecule has 1 aliphatic carbocycles. The van der Waals surface area contributed by atoms with E-state index in [4.69, 9.17) is 10.3 Å². The minimum absolute atomic E-state index is 0.136. The van der Waals surface area contributed by atoms with Crippen LogP contribution >= 0.6 is 0 Å². The molecule has 0 aliphatic heterocycles. The van der Waals surface area contributed by atoms with E-state index in [-0.39, 0.29) is 5.92 Å². The normalized spacial score (nSPS) is 15.7. The number of fused-ring (bicyclic) bond motifs is 1. The van der Waals surface area contributed by atoms with Gasteiger partial charge in [0.2, 0.25) is 0 Å². The van der Waals surface area contributed by atoms with E-state index in [0.29, 0.717) is 18.3 Å². The number of aromatic nitrogens is 2. The average molecular weight is 243 g/mol. The first-order valence-electron chi connectivity index (χ1n) is 6.44. The van der Waals surface area contributed by atoms with Crippen LogP contribution in [0.3, 0.4) is 0 Å². The largest absolute Gasteiger partial charge is 0.334 e. The summed E-state index contributed by atoms with van der Waals surface area (Å²) in [6.07, 6.45) is 3.59. The van der Waals surface area contributed by atoms with Crippen molar-refractivity contribution in [3.05, 3.63) is 35.2 Å². The maximum atomic E-state index is 5.60. The van der Waals surface area contributed by atoms with Crippen LogP contribution in [-0.4, -0.2) is 16.7 Å². The molecule has 94 valence electrons. The molecule has 1 atom stereocenters. The van der Waals surface area contributed by atoms with Gasteiger partial charge in [0.25, 0.3) is 5.89 Å². The van der Waals surface area contributed by atoms with Gasteiger partial charge in [0.1, 0.15) is 0 Å². The Bertz CT molecular complexity index is 562. The van der Waals surface area contributed by atoms with Crippen LogP contribution in [-0.2, 0) is 12.8 Å². The highest BCUT2D eigenvalue weighted by Crippen LogP contribution is 2.27. The molecular weight excluding hydrogens is 226 g/mol. The van der Waals surface area contributed by atoms with Crippen molar-refractivity contribution >= 4 is 0 Å². The smallest absolute Gasteiger partial charge is 0.257 e. The molecule has 1 aromatic heterocycles. The van der Waals surface area contributed by atoms with Gasteiger partial charge in [0, 0.05) is 18.0 Å². The number of hydrogen-bond donors (Lipinski definition) is 1. The van der Waals surface area contributed by atoms with Gasteiger partial charge >= 0.3 is 0 Å². The lowest BCUT2D eigenvalue weighted by Gasteiger charge is -2.01. The second kappa shape index (κ2) is 4.53. The summed E-state index contributed by atoms with van der Waals surface area (Å²) in [6.45, 7) is 2.53. The summed E-state index contributed by atoms with van der Waals surface area (Å²) in [4.78, 5) is 4.42. The van der Waals surface area contributed by atoms with E-state index in [1.54, 1.807) is 0 Å². The van der Waals surface area contributed by atoms with Crippen molar-refractivity contribution in [1.82, 2.24) is 10.1 Å². The van der Waals surface area contributed by atoms with Crippen molar-refractivity contribution in [1.29, 1.82) is 0 Å². The Balaban J connectivity index is 1.92. The molecule has 1 unspecified atom stereocenters. The molecule has 0 bridgehead atoms. The quantitative estimate of drug-likeness (QED) is 0.898. The second-order valence-corrected chi connectivity index (χ2v) is 4.93. The lowest BCUT2D eigenvalue weighted by molar-refractivity contribution is 0.418. The SMILES string of the molecule is CC(CN)c1noc(-c2ccc3c(c2)CCC3)n1. The summed E-state index contributed by atoms with van der Waals surface area (Å²) < 4.78 is 5.32. The molecule has 0 amide bonds. The van der Waals surface area contributed by atoms with Crippen LogP contribution < -0.4 is 5.73 Å². The maximum absolute atomic E-state index is 5.60. The zero-order chi connectivity index (χ0) is 12.5. The van der Waals surface area contributed by atoms with E-state index in [1.807, 2.05) is 6.92 Å². The van der Waals surface area contributed by atoms with E-state index >= 15 is 0 Å². The Morgan fingerprint density at radius 2 is 2.17 bits per heavy atom. The topological polar surface area (TPSA) is 64.9 Å². The van der Waals surface area contributed by atoms with Crippen molar-refractivity contribution < 1.29 is 4.52 Å². The number of hydrogen-bond acceptors (Lipinski definition) is 4. The van der Waals surface area contributed by atoms with Crippen molar-refractivity contribution in [3.63, 3.8) is 0 Å². The van der Waals surface area contributed by atoms with Crippen LogP contribution in [0.25, 0.3) is 11.5 Å². The van der Waals surface area contributed by atoms with E-state index < -0.39 is 0 Å². The minimum atomic E-state index is 0.136. The maximum Gasteiger partial charge on any atom is 0.257 e. The summed E-state index contributed by atoms with van der Waals surface area (Å²) in [6, 6.07) is 6.41. The van der Waals surface area contributed by atoms with Gasteiger partial charge < -0.3 is 10.3 Å². The van der Waals surface area contributed by atoms with E-state index in [2.05, 4.69) is 28.3 Å². The first-order valence-corrected chi connectivity index (χ1v) is 6.44. The van der Waals surface area contributed by atoms with Gasteiger partial charge in [-0.1, -0.05) is 18.1 Å². The molecule has 1 aromatic carbocycles. The van der Waals surface area contributed by atoms with Gasteiger partial charge in [-0.25, -0.2) is 0 Å². The van der Waals surface area contributed by atoms with E-state index in [0.717, 1.165) is 12.0 Å². The first-order chi connectivity index (χ1) is 8.78. The van der Waals surface area contributed by atoms with Gasteiger partial charge in [0.15, 0.2) is 5.82 Å². The summed E-state index contributed by atoms with van der Waals surface area (Å²) in [5, 5.41) is 3.99. The molecule has 1 heterocycles. The monoisotopic (exact) mass is 243 g/mol. The number of nitrogens with zero attached hydrogens (tertiary/aromatic N) is 2. The van der Waals surface area contributed by atoms with Crippen LogP contribution in [0.2, 0.25) is 0 Å². The van der Waals surface area contributed by atoms with Crippen LogP contribution in [0, 0.1) is 0 Å². The van der Waals surface area contributed by atoms with Crippen LogP contribution in [0.15, 0.2) is 22.7 Å². The lowest BCUT2D eigenvalue weighted by Crippen LogP contribution is -2.10. The number of nitrogens with two attached hydrogens (primary N) is 1. The van der Waals surface area contributed by atoms with Crippen molar-refractivity contribution in [2.24, 2.45) is 5.73 Å². The Hall–Kier alpha value is -1.68. The van der Waals surface area contributed by atoms with Crippen molar-refractivity contribution in [3.8, 4) is 11.5 Å². The molecule has 1 aliphatic rings. The van der Waals surface area contributed by atoms with E-state index in [1.165, 1.54) is 24.0 Å². The van der Waals surface area contributed by atoms with Crippen molar-refractivity contribution in [2.75, 3.05) is 6.54 Å². The molecule has 18 heavy (non-hydrogen) atoms. The fraction of sp³-hybridized carbons (Fsp3) is 0.429. The lowest BCUT2D eigenvalue weighted by atomic mass is 10.1. The molecule has 0 spiro atoms. The number of aryl methyl sites for hydroxylation is 2. The Morgan fingerprint density at radius 1 is 1.33 bits per heavy atom. The molecule has 0 saturated heterocycles. The fourth-order valence-electron chi connectivity index (χ4n) is 2.36. The predicted octanol–water partition coefficient (Wildman–Crippen LogP) is 2.29. The highest BCUT2D eigenvalue weighted by atomic mass is 16.5. The summed E-state index contributed by atoms with van der Waals surface area (Å²) in [7, 11) is 0. The molecule has 0 fully saturated rings. The predicted molar refractivity (Wildman–Crippen MR) is 69.2 cm³/mol. The Morgan fingerprint density at radius 3 is 3.00 bits per heavy atom. The molecule has 0 saturated carbocycles. The van der Waals surface area contributed by atoms with Gasteiger partial charge in [0.05, 0.1) is 0 Å². The standard InChI is InChI=1S/C14H17N3O/c1-9(8-15)13-16-14(18-17-13)12-6-5-10-3-2-4-11(10)7-12/h5-7,9H,2-4,8,15H2,1H3. The summed E-state index contributed by atoms with van der Waals surface area (Å²) >= 11 is 0. The number of rotatable bonds is 3. The zero-order valence-corrected chi connectivity index (χ0v) is 10.5. The van der Waals surface area contributed by atoms with Gasteiger partial charge in [-0.3, -0.25) is 0 Å². The number of benzene rings is 1. The second-order valence-electron chi connectivity index (χ2n) is 4.93. The summed E-state index contributed by atoms with van der Waals surface area (Å²) in [5.74, 6) is 1.42. The molecule has 3 rings (SSSR count). The minimum Gasteiger partial charge on any atom is -0.334 e. The summed E-state index contributed by atoms with van der Waals surface area (Å²) in [5.41, 5.74) is 9.49. The third kappa shape index (κ3) is 1.93. The molecule has 4 heteroatoms. The molecule has 2 N–H and O–H groups in total. The fourth-order valence-corrected chi connectivity index (χ4v) is 2.36. The van der Waals surface area contributed by atoms with Gasteiger partial charge in [-0.05, 0) is 42.5 Å². The molecule has 0 radical (unpaired) electrons. The zero-order valence-electron chi connectivity index (χ0n) is 10.5.